The first kappa shape index (κ1) is 20.8. The molecule has 3 aromatic rings. The molecule has 1 heterocycles. The Bertz CT molecular complexity index is 1130. The SMILES string of the molecule is CS(=O)(=O)Cc1cccc(C(=O)Nc2ncc(Cc3cccc(Cl)c3Cl)s2)c1. The number of benzene rings is 2. The molecule has 146 valence electrons. The Labute approximate surface area is 177 Å². The largest absolute Gasteiger partial charge is 0.298 e. The van der Waals surface area contributed by atoms with Gasteiger partial charge in [0.05, 0.1) is 15.8 Å². The zero-order valence-corrected chi connectivity index (χ0v) is 17.9. The van der Waals surface area contributed by atoms with Gasteiger partial charge in [-0.15, -0.1) is 11.3 Å². The predicted molar refractivity (Wildman–Crippen MR) is 114 cm³/mol. The molecule has 1 N–H and O–H groups in total. The summed E-state index contributed by atoms with van der Waals surface area (Å²) >= 11 is 13.6. The van der Waals surface area contributed by atoms with Crippen molar-refractivity contribution in [2.45, 2.75) is 12.2 Å². The lowest BCUT2D eigenvalue weighted by Gasteiger charge is -2.05. The van der Waals surface area contributed by atoms with E-state index in [1.807, 2.05) is 12.1 Å². The van der Waals surface area contributed by atoms with Gasteiger partial charge in [-0.1, -0.05) is 47.5 Å². The van der Waals surface area contributed by atoms with Crippen molar-refractivity contribution in [2.75, 3.05) is 11.6 Å². The molecule has 0 unspecified atom stereocenters. The van der Waals surface area contributed by atoms with Crippen molar-refractivity contribution in [3.63, 3.8) is 0 Å². The van der Waals surface area contributed by atoms with Crippen LogP contribution in [0, 0.1) is 0 Å². The molecule has 0 atom stereocenters. The van der Waals surface area contributed by atoms with Crippen molar-refractivity contribution in [3.05, 3.63) is 80.3 Å². The Kier molecular flexibility index (Phi) is 6.40. The van der Waals surface area contributed by atoms with Crippen LogP contribution in [0.4, 0.5) is 5.13 Å². The first-order chi connectivity index (χ1) is 13.2. The fourth-order valence-corrected chi connectivity index (χ4v) is 4.60. The number of carbonyl (C=O) groups is 1. The quantitative estimate of drug-likeness (QED) is 0.577. The van der Waals surface area contributed by atoms with Gasteiger partial charge in [0, 0.05) is 29.3 Å². The van der Waals surface area contributed by atoms with E-state index in [2.05, 4.69) is 10.3 Å². The summed E-state index contributed by atoms with van der Waals surface area (Å²) < 4.78 is 22.9. The summed E-state index contributed by atoms with van der Waals surface area (Å²) in [6.45, 7) is 0. The highest BCUT2D eigenvalue weighted by Gasteiger charge is 2.13. The number of amides is 1. The molecule has 28 heavy (non-hydrogen) atoms. The number of halogens is 2. The van der Waals surface area contributed by atoms with Gasteiger partial charge >= 0.3 is 0 Å². The molecule has 0 spiro atoms. The Morgan fingerprint density at radius 3 is 2.68 bits per heavy atom. The van der Waals surface area contributed by atoms with E-state index in [4.69, 9.17) is 23.2 Å². The molecular formula is C19H16Cl2N2O3S2. The van der Waals surface area contributed by atoms with Crippen molar-refractivity contribution < 1.29 is 13.2 Å². The summed E-state index contributed by atoms with van der Waals surface area (Å²) in [6.07, 6.45) is 3.39. The van der Waals surface area contributed by atoms with Gasteiger partial charge < -0.3 is 0 Å². The second kappa shape index (κ2) is 8.61. The topological polar surface area (TPSA) is 76.1 Å². The van der Waals surface area contributed by atoms with E-state index in [0.29, 0.717) is 32.7 Å². The fraction of sp³-hybridized carbons (Fsp3) is 0.158. The number of nitrogens with one attached hydrogen (secondary N) is 1. The molecular weight excluding hydrogens is 439 g/mol. The molecule has 0 aliphatic rings. The monoisotopic (exact) mass is 454 g/mol. The zero-order valence-electron chi connectivity index (χ0n) is 14.8. The normalized spacial score (nSPS) is 11.4. The summed E-state index contributed by atoms with van der Waals surface area (Å²) in [6, 6.07) is 12.0. The molecule has 0 aliphatic heterocycles. The Morgan fingerprint density at radius 2 is 1.93 bits per heavy atom. The van der Waals surface area contributed by atoms with Gasteiger partial charge in [0.25, 0.3) is 5.91 Å². The third kappa shape index (κ3) is 5.54. The van der Waals surface area contributed by atoms with Crippen LogP contribution in [0.1, 0.15) is 26.4 Å². The standard InChI is InChI=1S/C19H16Cl2N2O3S2/c1-28(25,26)11-12-4-2-6-14(8-12)18(24)23-19-22-10-15(27-19)9-13-5-3-7-16(20)17(13)21/h2-8,10H,9,11H2,1H3,(H,22,23,24). The van der Waals surface area contributed by atoms with Gasteiger partial charge in [0.1, 0.15) is 0 Å². The second-order valence-electron chi connectivity index (χ2n) is 6.25. The molecule has 3 rings (SSSR count). The number of hydrogen-bond donors (Lipinski definition) is 1. The molecule has 0 saturated carbocycles. The number of carbonyl (C=O) groups excluding carboxylic acids is 1. The van der Waals surface area contributed by atoms with Crippen LogP contribution >= 0.6 is 34.5 Å². The number of thiazole rings is 1. The van der Waals surface area contributed by atoms with Gasteiger partial charge in [-0.05, 0) is 29.3 Å². The lowest BCUT2D eigenvalue weighted by Crippen LogP contribution is -2.12. The molecule has 9 heteroatoms. The van der Waals surface area contributed by atoms with Gasteiger partial charge in [-0.2, -0.15) is 0 Å². The average molecular weight is 455 g/mol. The Balaban J connectivity index is 1.70. The van der Waals surface area contributed by atoms with Crippen LogP contribution in [-0.2, 0) is 22.0 Å². The van der Waals surface area contributed by atoms with Crippen LogP contribution in [0.2, 0.25) is 10.0 Å². The maximum Gasteiger partial charge on any atom is 0.257 e. The smallest absolute Gasteiger partial charge is 0.257 e. The number of aromatic nitrogens is 1. The highest BCUT2D eigenvalue weighted by Crippen LogP contribution is 2.29. The lowest BCUT2D eigenvalue weighted by molar-refractivity contribution is 0.102. The highest BCUT2D eigenvalue weighted by molar-refractivity contribution is 7.89. The number of rotatable bonds is 6. The van der Waals surface area contributed by atoms with E-state index in [1.54, 1.807) is 36.5 Å². The minimum atomic E-state index is -3.17. The van der Waals surface area contributed by atoms with Crippen LogP contribution in [0.5, 0.6) is 0 Å². The van der Waals surface area contributed by atoms with Crippen molar-refractivity contribution in [3.8, 4) is 0 Å². The number of hydrogen-bond acceptors (Lipinski definition) is 5. The minimum absolute atomic E-state index is 0.115. The van der Waals surface area contributed by atoms with E-state index in [1.165, 1.54) is 11.3 Å². The second-order valence-corrected chi connectivity index (χ2v) is 10.3. The molecule has 0 fully saturated rings. The van der Waals surface area contributed by atoms with Crippen LogP contribution in [-0.4, -0.2) is 25.6 Å². The predicted octanol–water partition coefficient (Wildman–Crippen LogP) is 4.84. The van der Waals surface area contributed by atoms with Gasteiger partial charge in [0.2, 0.25) is 0 Å². The van der Waals surface area contributed by atoms with E-state index in [9.17, 15) is 13.2 Å². The maximum atomic E-state index is 12.5. The van der Waals surface area contributed by atoms with Crippen LogP contribution in [0.3, 0.4) is 0 Å². The molecule has 2 aromatic carbocycles. The zero-order chi connectivity index (χ0) is 20.3. The van der Waals surface area contributed by atoms with Gasteiger partial charge in [0.15, 0.2) is 15.0 Å². The molecule has 0 radical (unpaired) electrons. The van der Waals surface area contributed by atoms with Crippen LogP contribution in [0.15, 0.2) is 48.7 Å². The molecule has 0 bridgehead atoms. The Hall–Kier alpha value is -1.93. The number of sulfone groups is 1. The fourth-order valence-electron chi connectivity index (χ4n) is 2.59. The van der Waals surface area contributed by atoms with Crippen molar-refractivity contribution in [1.29, 1.82) is 0 Å². The van der Waals surface area contributed by atoms with Crippen LogP contribution < -0.4 is 5.32 Å². The van der Waals surface area contributed by atoms with Crippen molar-refractivity contribution >= 4 is 55.4 Å². The first-order valence-corrected chi connectivity index (χ1v) is 11.8. The summed E-state index contributed by atoms with van der Waals surface area (Å²) in [7, 11) is -3.17. The van der Waals surface area contributed by atoms with Crippen molar-refractivity contribution in [2.24, 2.45) is 0 Å². The highest BCUT2D eigenvalue weighted by atomic mass is 35.5. The van der Waals surface area contributed by atoms with Crippen molar-refractivity contribution in [1.82, 2.24) is 4.98 Å². The first-order valence-electron chi connectivity index (χ1n) is 8.17. The summed E-state index contributed by atoms with van der Waals surface area (Å²) in [4.78, 5) is 17.6. The third-order valence-electron chi connectivity index (χ3n) is 3.79. The minimum Gasteiger partial charge on any atom is -0.298 e. The summed E-state index contributed by atoms with van der Waals surface area (Å²) in [5.74, 6) is -0.465. The van der Waals surface area contributed by atoms with E-state index < -0.39 is 9.84 Å². The lowest BCUT2D eigenvalue weighted by atomic mass is 10.1. The van der Waals surface area contributed by atoms with Gasteiger partial charge in [-0.3, -0.25) is 10.1 Å². The third-order valence-corrected chi connectivity index (χ3v) is 6.42. The van der Waals surface area contributed by atoms with Crippen LogP contribution in [0.25, 0.3) is 0 Å². The molecule has 1 amide bonds. The molecule has 0 saturated heterocycles. The Morgan fingerprint density at radius 1 is 1.18 bits per heavy atom. The van der Waals surface area contributed by atoms with E-state index in [0.717, 1.165) is 16.7 Å². The number of nitrogens with zero attached hydrogens (tertiary/aromatic N) is 1. The maximum absolute atomic E-state index is 12.5. The molecule has 1 aromatic heterocycles. The number of anilines is 1. The molecule has 5 nitrogen and oxygen atoms in total. The summed E-state index contributed by atoms with van der Waals surface area (Å²) in [5.41, 5.74) is 1.81. The van der Waals surface area contributed by atoms with Gasteiger partial charge in [-0.25, -0.2) is 13.4 Å². The van der Waals surface area contributed by atoms with E-state index in [-0.39, 0.29) is 11.7 Å². The summed E-state index contributed by atoms with van der Waals surface area (Å²) in [5, 5.41) is 4.19. The van der Waals surface area contributed by atoms with E-state index >= 15 is 0 Å². The molecule has 0 aliphatic carbocycles. The average Bonchev–Trinajstić information content (AvgIpc) is 3.04.